The third-order valence-corrected chi connectivity index (χ3v) is 4.08. The van der Waals surface area contributed by atoms with E-state index >= 15 is 0 Å². The van der Waals surface area contributed by atoms with E-state index in [0.717, 1.165) is 24.1 Å². The molecule has 1 aromatic carbocycles. The standard InChI is InChI=1S/C12H16FNS/c1-8-3-4-11(13)10(7-8)12-14-6-5-9(2)15-12/h3-4,7,9,12,14H,5-6H2,1-2H3. The van der Waals surface area contributed by atoms with Crippen LogP contribution in [0.2, 0.25) is 0 Å². The van der Waals surface area contributed by atoms with Crippen LogP contribution in [0.25, 0.3) is 0 Å². The number of halogens is 1. The van der Waals surface area contributed by atoms with E-state index in [0.29, 0.717) is 5.25 Å². The highest BCUT2D eigenvalue weighted by molar-refractivity contribution is 8.00. The summed E-state index contributed by atoms with van der Waals surface area (Å²) in [6.45, 7) is 5.18. The molecule has 0 amide bonds. The first-order valence-corrected chi connectivity index (χ1v) is 6.26. The second-order valence-electron chi connectivity index (χ2n) is 4.09. The van der Waals surface area contributed by atoms with Crippen molar-refractivity contribution in [2.45, 2.75) is 30.9 Å². The topological polar surface area (TPSA) is 12.0 Å². The van der Waals surface area contributed by atoms with Gasteiger partial charge in [0.15, 0.2) is 0 Å². The molecule has 3 heteroatoms. The summed E-state index contributed by atoms with van der Waals surface area (Å²) in [6, 6.07) is 5.32. The van der Waals surface area contributed by atoms with Gasteiger partial charge in [0.2, 0.25) is 0 Å². The molecule has 1 aliphatic heterocycles. The third kappa shape index (κ3) is 2.52. The van der Waals surface area contributed by atoms with Gasteiger partial charge < -0.3 is 5.32 Å². The van der Waals surface area contributed by atoms with Crippen molar-refractivity contribution in [2.75, 3.05) is 6.54 Å². The Balaban J connectivity index is 2.24. The molecule has 2 atom stereocenters. The van der Waals surface area contributed by atoms with E-state index in [4.69, 9.17) is 0 Å². The molecule has 1 nitrogen and oxygen atoms in total. The summed E-state index contributed by atoms with van der Waals surface area (Å²) >= 11 is 1.81. The molecule has 15 heavy (non-hydrogen) atoms. The quantitative estimate of drug-likeness (QED) is 0.787. The van der Waals surface area contributed by atoms with Crippen LogP contribution in [0.1, 0.15) is 29.8 Å². The van der Waals surface area contributed by atoms with Gasteiger partial charge in [-0.05, 0) is 26.0 Å². The summed E-state index contributed by atoms with van der Waals surface area (Å²) in [5.41, 5.74) is 1.92. The molecule has 0 aliphatic carbocycles. The van der Waals surface area contributed by atoms with E-state index in [1.54, 1.807) is 6.07 Å². The normalized spacial score (nSPS) is 26.6. The van der Waals surface area contributed by atoms with Crippen molar-refractivity contribution in [3.05, 3.63) is 35.1 Å². The van der Waals surface area contributed by atoms with Crippen LogP contribution in [0.15, 0.2) is 18.2 Å². The van der Waals surface area contributed by atoms with Crippen molar-refractivity contribution < 1.29 is 4.39 Å². The second kappa shape index (κ2) is 4.54. The number of nitrogens with one attached hydrogen (secondary N) is 1. The third-order valence-electron chi connectivity index (χ3n) is 2.68. The van der Waals surface area contributed by atoms with Gasteiger partial charge in [-0.25, -0.2) is 4.39 Å². The smallest absolute Gasteiger partial charge is 0.128 e. The number of hydrogen-bond donors (Lipinski definition) is 1. The molecule has 1 saturated heterocycles. The average Bonchev–Trinajstić information content (AvgIpc) is 2.22. The summed E-state index contributed by atoms with van der Waals surface area (Å²) < 4.78 is 13.6. The maximum Gasteiger partial charge on any atom is 0.128 e. The van der Waals surface area contributed by atoms with E-state index in [2.05, 4.69) is 12.2 Å². The van der Waals surface area contributed by atoms with Gasteiger partial charge >= 0.3 is 0 Å². The maximum absolute atomic E-state index is 13.6. The van der Waals surface area contributed by atoms with Gasteiger partial charge in [-0.3, -0.25) is 0 Å². The zero-order chi connectivity index (χ0) is 10.8. The van der Waals surface area contributed by atoms with Crippen LogP contribution in [-0.4, -0.2) is 11.8 Å². The number of thioether (sulfide) groups is 1. The predicted molar refractivity (Wildman–Crippen MR) is 63.6 cm³/mol. The van der Waals surface area contributed by atoms with Gasteiger partial charge in [0.1, 0.15) is 5.82 Å². The van der Waals surface area contributed by atoms with Crippen molar-refractivity contribution >= 4 is 11.8 Å². The predicted octanol–water partition coefficient (Wildman–Crippen LogP) is 3.25. The largest absolute Gasteiger partial charge is 0.302 e. The van der Waals surface area contributed by atoms with E-state index in [1.807, 2.05) is 30.8 Å². The molecule has 82 valence electrons. The van der Waals surface area contributed by atoms with E-state index in [-0.39, 0.29) is 11.2 Å². The molecule has 1 aromatic rings. The summed E-state index contributed by atoms with van der Waals surface area (Å²) in [6.07, 6.45) is 1.16. The molecule has 0 radical (unpaired) electrons. The Morgan fingerprint density at radius 1 is 1.47 bits per heavy atom. The van der Waals surface area contributed by atoms with Crippen LogP contribution in [-0.2, 0) is 0 Å². The Morgan fingerprint density at radius 2 is 2.27 bits per heavy atom. The number of aryl methyl sites for hydroxylation is 1. The van der Waals surface area contributed by atoms with Crippen LogP contribution < -0.4 is 5.32 Å². The fourth-order valence-corrected chi connectivity index (χ4v) is 3.07. The molecule has 0 bridgehead atoms. The molecular formula is C12H16FNS. The van der Waals surface area contributed by atoms with Crippen LogP contribution in [0, 0.1) is 12.7 Å². The molecule has 0 aromatic heterocycles. The van der Waals surface area contributed by atoms with Crippen molar-refractivity contribution in [1.82, 2.24) is 5.32 Å². The SMILES string of the molecule is Cc1ccc(F)c(C2NCCC(C)S2)c1. The van der Waals surface area contributed by atoms with Crippen molar-refractivity contribution in [1.29, 1.82) is 0 Å². The highest BCUT2D eigenvalue weighted by Gasteiger charge is 2.22. The summed E-state index contributed by atoms with van der Waals surface area (Å²) in [7, 11) is 0. The summed E-state index contributed by atoms with van der Waals surface area (Å²) in [5.74, 6) is -0.0975. The van der Waals surface area contributed by atoms with Crippen LogP contribution in [0.5, 0.6) is 0 Å². The Bertz CT molecular complexity index is 353. The highest BCUT2D eigenvalue weighted by atomic mass is 32.2. The average molecular weight is 225 g/mol. The number of rotatable bonds is 1. The molecule has 1 fully saturated rings. The Morgan fingerprint density at radius 3 is 3.00 bits per heavy atom. The minimum Gasteiger partial charge on any atom is -0.302 e. The lowest BCUT2D eigenvalue weighted by atomic mass is 10.1. The lowest BCUT2D eigenvalue weighted by molar-refractivity contribution is 0.560. The zero-order valence-corrected chi connectivity index (χ0v) is 9.90. The fourth-order valence-electron chi connectivity index (χ4n) is 1.81. The Labute approximate surface area is 94.5 Å². The molecule has 1 heterocycles. The van der Waals surface area contributed by atoms with E-state index in [1.165, 1.54) is 0 Å². The van der Waals surface area contributed by atoms with Crippen LogP contribution in [0.3, 0.4) is 0 Å². The van der Waals surface area contributed by atoms with Crippen molar-refractivity contribution in [2.24, 2.45) is 0 Å². The summed E-state index contributed by atoms with van der Waals surface area (Å²) in [5, 5.41) is 4.08. The van der Waals surface area contributed by atoms with Gasteiger partial charge in [0.05, 0.1) is 5.37 Å². The zero-order valence-electron chi connectivity index (χ0n) is 9.09. The van der Waals surface area contributed by atoms with Crippen LogP contribution >= 0.6 is 11.8 Å². The van der Waals surface area contributed by atoms with Gasteiger partial charge in [-0.1, -0.05) is 24.6 Å². The molecule has 2 rings (SSSR count). The van der Waals surface area contributed by atoms with E-state index in [9.17, 15) is 4.39 Å². The van der Waals surface area contributed by atoms with Crippen molar-refractivity contribution in [3.8, 4) is 0 Å². The molecule has 2 unspecified atom stereocenters. The van der Waals surface area contributed by atoms with Gasteiger partial charge in [-0.15, -0.1) is 11.8 Å². The highest BCUT2D eigenvalue weighted by Crippen LogP contribution is 2.35. The van der Waals surface area contributed by atoms with Gasteiger partial charge in [0, 0.05) is 10.8 Å². The van der Waals surface area contributed by atoms with Crippen LogP contribution in [0.4, 0.5) is 4.39 Å². The summed E-state index contributed by atoms with van der Waals surface area (Å²) in [4.78, 5) is 0. The molecule has 1 aliphatic rings. The van der Waals surface area contributed by atoms with Gasteiger partial charge in [-0.2, -0.15) is 0 Å². The number of benzene rings is 1. The van der Waals surface area contributed by atoms with Gasteiger partial charge in [0.25, 0.3) is 0 Å². The fraction of sp³-hybridized carbons (Fsp3) is 0.500. The minimum absolute atomic E-state index is 0.0975. The number of hydrogen-bond acceptors (Lipinski definition) is 2. The first-order valence-electron chi connectivity index (χ1n) is 5.31. The van der Waals surface area contributed by atoms with Crippen molar-refractivity contribution in [3.63, 3.8) is 0 Å². The minimum atomic E-state index is -0.0975. The monoisotopic (exact) mass is 225 g/mol. The first kappa shape index (κ1) is 11.0. The first-order chi connectivity index (χ1) is 7.16. The Kier molecular flexibility index (Phi) is 3.32. The lowest BCUT2D eigenvalue weighted by Crippen LogP contribution is -2.29. The Hall–Kier alpha value is -0.540. The molecule has 1 N–H and O–H groups in total. The molecule has 0 saturated carbocycles. The molecule has 0 spiro atoms. The second-order valence-corrected chi connectivity index (χ2v) is 5.64. The lowest BCUT2D eigenvalue weighted by Gasteiger charge is -2.28. The van der Waals surface area contributed by atoms with E-state index < -0.39 is 0 Å². The molecular weight excluding hydrogens is 209 g/mol. The maximum atomic E-state index is 13.6.